The second kappa shape index (κ2) is 9.43. The molecule has 1 aromatic heterocycles. The van der Waals surface area contributed by atoms with Gasteiger partial charge in [-0.05, 0) is 73.7 Å². The van der Waals surface area contributed by atoms with Crippen LogP contribution in [0.15, 0.2) is 140 Å². The zero-order valence-electron chi connectivity index (χ0n) is 23.2. The predicted molar refractivity (Wildman–Crippen MR) is 172 cm³/mol. The van der Waals surface area contributed by atoms with Crippen LogP contribution in [-0.2, 0) is 0 Å². The van der Waals surface area contributed by atoms with Gasteiger partial charge in [-0.15, -0.1) is 0 Å². The van der Waals surface area contributed by atoms with Gasteiger partial charge < -0.3 is 9.47 Å². The number of nitrogens with zero attached hydrogens (tertiary/aromatic N) is 2. The van der Waals surface area contributed by atoms with Crippen molar-refractivity contribution in [2.75, 3.05) is 4.90 Å². The summed E-state index contributed by atoms with van der Waals surface area (Å²) in [7, 11) is 0. The first-order valence-electron chi connectivity index (χ1n) is 14.0. The maximum absolute atomic E-state index is 2.54. The Morgan fingerprint density at radius 3 is 1.80 bits per heavy atom. The van der Waals surface area contributed by atoms with Crippen molar-refractivity contribution in [2.24, 2.45) is 0 Å². The van der Waals surface area contributed by atoms with Crippen LogP contribution in [-0.4, -0.2) is 10.1 Å². The highest BCUT2D eigenvalue weighted by molar-refractivity contribution is 6.17. The molecule has 2 heteroatoms. The van der Waals surface area contributed by atoms with Gasteiger partial charge in [-0.25, -0.2) is 0 Å². The molecule has 7 aromatic rings. The molecule has 0 aliphatic heterocycles. The third-order valence-corrected chi connectivity index (χ3v) is 7.83. The van der Waals surface area contributed by atoms with Crippen LogP contribution >= 0.6 is 0 Å². The predicted octanol–water partition coefficient (Wildman–Crippen LogP) is 10.5. The highest BCUT2D eigenvalue weighted by Gasteiger charge is 2.28. The summed E-state index contributed by atoms with van der Waals surface area (Å²) in [6.45, 7) is 6.92. The van der Waals surface area contributed by atoms with Crippen LogP contribution in [0, 0.1) is 0 Å². The summed E-state index contributed by atoms with van der Waals surface area (Å²) in [4.78, 5) is 2.54. The van der Waals surface area contributed by atoms with Gasteiger partial charge in [0.2, 0.25) is 0 Å². The van der Waals surface area contributed by atoms with E-state index in [1.54, 1.807) is 0 Å². The van der Waals surface area contributed by atoms with Crippen LogP contribution < -0.4 is 4.90 Å². The summed E-state index contributed by atoms with van der Waals surface area (Å²) in [6.07, 6.45) is 0. The Bertz CT molecular complexity index is 1980. The summed E-state index contributed by atoms with van der Waals surface area (Å²) in [5.74, 6) is 0. The third kappa shape index (κ3) is 3.87. The first-order chi connectivity index (χ1) is 19.5. The molecule has 0 N–H and O–H groups in total. The van der Waals surface area contributed by atoms with Crippen molar-refractivity contribution in [3.05, 3.63) is 140 Å². The molecular formula is C38H32N2. The Kier molecular flexibility index (Phi) is 5.71. The standard InChI is InChI=1S/C38H32N2/c1-38(2,3)40(34-26-25-29(27-15-6-4-7-16-27)30-19-10-11-20-31(30)34)36-24-14-23-35-37(36)32-21-12-13-22-33(32)39(35)28-17-8-5-9-18-28/h4-26H,1-3H3. The Hall–Kier alpha value is -4.82. The van der Waals surface area contributed by atoms with Crippen LogP contribution in [0.3, 0.4) is 0 Å². The molecule has 0 aliphatic carbocycles. The molecule has 0 saturated carbocycles. The minimum absolute atomic E-state index is 0.179. The van der Waals surface area contributed by atoms with Crippen molar-refractivity contribution in [1.29, 1.82) is 0 Å². The smallest absolute Gasteiger partial charge is 0.0562 e. The SMILES string of the molecule is CC(C)(C)N(c1ccc(-c2ccccc2)c2ccccc12)c1cccc2c1c1ccccc1n2-c1ccccc1. The van der Waals surface area contributed by atoms with Crippen LogP contribution in [0.5, 0.6) is 0 Å². The highest BCUT2D eigenvalue weighted by Crippen LogP contribution is 2.46. The lowest BCUT2D eigenvalue weighted by Crippen LogP contribution is -2.37. The number of aromatic nitrogens is 1. The summed E-state index contributed by atoms with van der Waals surface area (Å²) >= 11 is 0. The molecule has 0 spiro atoms. The quantitative estimate of drug-likeness (QED) is 0.226. The molecule has 0 amide bonds. The van der Waals surface area contributed by atoms with E-state index in [9.17, 15) is 0 Å². The molecule has 6 aromatic carbocycles. The summed E-state index contributed by atoms with van der Waals surface area (Å²) in [5, 5.41) is 5.05. The third-order valence-electron chi connectivity index (χ3n) is 7.83. The maximum Gasteiger partial charge on any atom is 0.0562 e. The molecule has 0 bridgehead atoms. The minimum Gasteiger partial charge on any atom is -0.335 e. The van der Waals surface area contributed by atoms with Crippen molar-refractivity contribution in [3.8, 4) is 16.8 Å². The van der Waals surface area contributed by atoms with Crippen LogP contribution in [0.4, 0.5) is 11.4 Å². The van der Waals surface area contributed by atoms with Gasteiger partial charge in [-0.3, -0.25) is 0 Å². The monoisotopic (exact) mass is 516 g/mol. The Balaban J connectivity index is 1.55. The number of benzene rings is 6. The van der Waals surface area contributed by atoms with E-state index < -0.39 is 0 Å². The van der Waals surface area contributed by atoms with Gasteiger partial charge >= 0.3 is 0 Å². The normalized spacial score (nSPS) is 11.9. The van der Waals surface area contributed by atoms with Crippen LogP contribution in [0.2, 0.25) is 0 Å². The Labute approximate surface area is 235 Å². The largest absolute Gasteiger partial charge is 0.335 e. The Morgan fingerprint density at radius 1 is 0.475 bits per heavy atom. The number of hydrogen-bond donors (Lipinski definition) is 0. The van der Waals surface area contributed by atoms with E-state index in [1.165, 1.54) is 60.8 Å². The van der Waals surface area contributed by atoms with E-state index in [-0.39, 0.29) is 5.54 Å². The molecule has 0 radical (unpaired) electrons. The second-order valence-corrected chi connectivity index (χ2v) is 11.4. The minimum atomic E-state index is -0.179. The van der Waals surface area contributed by atoms with Crippen molar-refractivity contribution < 1.29 is 0 Å². The molecule has 0 fully saturated rings. The van der Waals surface area contributed by atoms with E-state index in [1.807, 2.05) is 0 Å². The second-order valence-electron chi connectivity index (χ2n) is 11.4. The van der Waals surface area contributed by atoms with Gasteiger partial charge in [0.05, 0.1) is 16.7 Å². The summed E-state index contributed by atoms with van der Waals surface area (Å²) in [6, 6.07) is 50.3. The lowest BCUT2D eigenvalue weighted by atomic mass is 9.94. The molecule has 40 heavy (non-hydrogen) atoms. The van der Waals surface area contributed by atoms with Gasteiger partial charge in [0.15, 0.2) is 0 Å². The van der Waals surface area contributed by atoms with Crippen LogP contribution in [0.25, 0.3) is 49.4 Å². The topological polar surface area (TPSA) is 8.17 Å². The van der Waals surface area contributed by atoms with Gasteiger partial charge in [-0.1, -0.05) is 103 Å². The highest BCUT2D eigenvalue weighted by atomic mass is 15.2. The maximum atomic E-state index is 2.54. The van der Waals surface area contributed by atoms with E-state index in [0.717, 1.165) is 0 Å². The lowest BCUT2D eigenvalue weighted by molar-refractivity contribution is 0.563. The van der Waals surface area contributed by atoms with Gasteiger partial charge in [0, 0.05) is 33.1 Å². The summed E-state index contributed by atoms with van der Waals surface area (Å²) in [5.41, 5.74) is 8.35. The molecule has 7 rings (SSSR count). The molecule has 0 atom stereocenters. The van der Waals surface area contributed by atoms with Crippen molar-refractivity contribution in [2.45, 2.75) is 26.3 Å². The van der Waals surface area contributed by atoms with Crippen LogP contribution in [0.1, 0.15) is 20.8 Å². The average molecular weight is 517 g/mol. The fraction of sp³-hybridized carbons (Fsp3) is 0.105. The fourth-order valence-corrected chi connectivity index (χ4v) is 6.24. The van der Waals surface area contributed by atoms with Crippen molar-refractivity contribution in [1.82, 2.24) is 4.57 Å². The number of hydrogen-bond acceptors (Lipinski definition) is 1. The zero-order valence-corrected chi connectivity index (χ0v) is 23.2. The fourth-order valence-electron chi connectivity index (χ4n) is 6.24. The summed E-state index contributed by atoms with van der Waals surface area (Å²) < 4.78 is 2.39. The lowest BCUT2D eigenvalue weighted by Gasteiger charge is -2.39. The number of fused-ring (bicyclic) bond motifs is 4. The van der Waals surface area contributed by atoms with Gasteiger partial charge in [-0.2, -0.15) is 0 Å². The average Bonchev–Trinajstić information content (AvgIpc) is 3.33. The van der Waals surface area contributed by atoms with Gasteiger partial charge in [0.1, 0.15) is 0 Å². The molecule has 194 valence electrons. The Morgan fingerprint density at radius 2 is 1.07 bits per heavy atom. The van der Waals surface area contributed by atoms with E-state index >= 15 is 0 Å². The number of anilines is 2. The molecule has 1 heterocycles. The molecule has 0 aliphatic rings. The zero-order chi connectivity index (χ0) is 27.3. The first-order valence-corrected chi connectivity index (χ1v) is 14.0. The van der Waals surface area contributed by atoms with Gasteiger partial charge in [0.25, 0.3) is 0 Å². The van der Waals surface area contributed by atoms with E-state index in [0.29, 0.717) is 0 Å². The molecule has 0 unspecified atom stereocenters. The molecule has 0 saturated heterocycles. The van der Waals surface area contributed by atoms with Crippen molar-refractivity contribution >= 4 is 44.0 Å². The first kappa shape index (κ1) is 24.2. The number of para-hydroxylation sites is 2. The van der Waals surface area contributed by atoms with E-state index in [2.05, 4.69) is 170 Å². The molecular weight excluding hydrogens is 484 g/mol. The molecule has 2 nitrogen and oxygen atoms in total. The van der Waals surface area contributed by atoms with E-state index in [4.69, 9.17) is 0 Å². The van der Waals surface area contributed by atoms with Crippen molar-refractivity contribution in [3.63, 3.8) is 0 Å². The number of rotatable bonds is 4.